The summed E-state index contributed by atoms with van der Waals surface area (Å²) in [5.74, 6) is -0.901. The summed E-state index contributed by atoms with van der Waals surface area (Å²) in [6.45, 7) is 8.55. The molecule has 0 bridgehead atoms. The Labute approximate surface area is 90.5 Å². The van der Waals surface area contributed by atoms with Gasteiger partial charge in [-0.3, -0.25) is 4.90 Å². The van der Waals surface area contributed by atoms with Crippen molar-refractivity contribution in [3.8, 4) is 0 Å². The van der Waals surface area contributed by atoms with Crippen LogP contribution in [0.4, 0.5) is 0 Å². The van der Waals surface area contributed by atoms with Gasteiger partial charge < -0.3 is 9.84 Å². The second-order valence-electron chi connectivity index (χ2n) is 3.84. The lowest BCUT2D eigenvalue weighted by atomic mass is 10.1. The molecule has 15 heavy (non-hydrogen) atoms. The molecular formula is C11H19NO3. The lowest BCUT2D eigenvalue weighted by molar-refractivity contribution is -0.132. The minimum Gasteiger partial charge on any atom is -0.478 e. The summed E-state index contributed by atoms with van der Waals surface area (Å²) in [5, 5.41) is 8.70. The molecule has 86 valence electrons. The Morgan fingerprint density at radius 1 is 1.53 bits per heavy atom. The molecule has 0 amide bonds. The van der Waals surface area contributed by atoms with E-state index in [9.17, 15) is 4.79 Å². The molecule has 0 aromatic carbocycles. The average molecular weight is 213 g/mol. The number of rotatable bonds is 5. The molecule has 4 heteroatoms. The zero-order valence-electron chi connectivity index (χ0n) is 9.24. The SMILES string of the molecule is C=C(CN1CCC(OCC)CC1)C(=O)O. The summed E-state index contributed by atoms with van der Waals surface area (Å²) < 4.78 is 5.52. The number of aliphatic carboxylic acids is 1. The molecule has 0 atom stereocenters. The lowest BCUT2D eigenvalue weighted by Gasteiger charge is -2.31. The highest BCUT2D eigenvalue weighted by atomic mass is 16.5. The van der Waals surface area contributed by atoms with Gasteiger partial charge in [0.1, 0.15) is 0 Å². The van der Waals surface area contributed by atoms with Crippen molar-refractivity contribution in [1.29, 1.82) is 0 Å². The third kappa shape index (κ3) is 4.01. The van der Waals surface area contributed by atoms with Crippen LogP contribution in [0.25, 0.3) is 0 Å². The first-order valence-electron chi connectivity index (χ1n) is 5.38. The minimum atomic E-state index is -0.901. The van der Waals surface area contributed by atoms with Gasteiger partial charge in [-0.25, -0.2) is 4.79 Å². The zero-order chi connectivity index (χ0) is 11.3. The van der Waals surface area contributed by atoms with Crippen molar-refractivity contribution in [2.45, 2.75) is 25.9 Å². The highest BCUT2D eigenvalue weighted by Crippen LogP contribution is 2.14. The summed E-state index contributed by atoms with van der Waals surface area (Å²) in [4.78, 5) is 12.7. The van der Waals surface area contributed by atoms with Gasteiger partial charge in [-0.2, -0.15) is 0 Å². The Morgan fingerprint density at radius 3 is 2.60 bits per heavy atom. The molecule has 0 spiro atoms. The number of piperidine rings is 1. The highest BCUT2D eigenvalue weighted by Gasteiger charge is 2.20. The molecule has 1 saturated heterocycles. The standard InChI is InChI=1S/C11H19NO3/c1-3-15-10-4-6-12(7-5-10)8-9(2)11(13)14/h10H,2-8H2,1H3,(H,13,14). The molecule has 0 aromatic heterocycles. The normalized spacial score (nSPS) is 19.0. The fourth-order valence-electron chi connectivity index (χ4n) is 1.81. The number of nitrogens with zero attached hydrogens (tertiary/aromatic N) is 1. The van der Waals surface area contributed by atoms with Crippen molar-refractivity contribution in [2.24, 2.45) is 0 Å². The maximum atomic E-state index is 10.6. The maximum absolute atomic E-state index is 10.6. The molecule has 1 aliphatic rings. The third-order valence-corrected chi connectivity index (χ3v) is 2.65. The molecule has 0 aliphatic carbocycles. The van der Waals surface area contributed by atoms with E-state index < -0.39 is 5.97 Å². The Morgan fingerprint density at radius 2 is 2.13 bits per heavy atom. The van der Waals surface area contributed by atoms with Crippen molar-refractivity contribution in [2.75, 3.05) is 26.2 Å². The first-order chi connectivity index (χ1) is 7.13. The van der Waals surface area contributed by atoms with Crippen LogP contribution in [0.1, 0.15) is 19.8 Å². The summed E-state index contributed by atoms with van der Waals surface area (Å²) in [6, 6.07) is 0. The first kappa shape index (κ1) is 12.2. The van der Waals surface area contributed by atoms with Crippen LogP contribution < -0.4 is 0 Å². The van der Waals surface area contributed by atoms with Gasteiger partial charge in [0, 0.05) is 31.8 Å². The van der Waals surface area contributed by atoms with Crippen molar-refractivity contribution >= 4 is 5.97 Å². The predicted octanol–water partition coefficient (Wildman–Crippen LogP) is 1.13. The van der Waals surface area contributed by atoms with Gasteiger partial charge in [-0.1, -0.05) is 6.58 Å². The molecule has 1 N–H and O–H groups in total. The Bertz CT molecular complexity index is 232. The third-order valence-electron chi connectivity index (χ3n) is 2.65. The quantitative estimate of drug-likeness (QED) is 0.695. The Kier molecular flexibility index (Phi) is 4.78. The smallest absolute Gasteiger partial charge is 0.332 e. The van der Waals surface area contributed by atoms with Crippen molar-refractivity contribution < 1.29 is 14.6 Å². The fraction of sp³-hybridized carbons (Fsp3) is 0.727. The topological polar surface area (TPSA) is 49.8 Å². The number of ether oxygens (including phenoxy) is 1. The molecule has 0 aromatic rings. The number of hydrogen-bond donors (Lipinski definition) is 1. The number of hydrogen-bond acceptors (Lipinski definition) is 3. The average Bonchev–Trinajstić information content (AvgIpc) is 2.21. The van der Waals surface area contributed by atoms with Crippen LogP contribution in [0.2, 0.25) is 0 Å². The molecule has 0 unspecified atom stereocenters. The van der Waals surface area contributed by atoms with Gasteiger partial charge in [0.25, 0.3) is 0 Å². The van der Waals surface area contributed by atoms with E-state index in [1.165, 1.54) is 0 Å². The Hall–Kier alpha value is -0.870. The van der Waals surface area contributed by atoms with Crippen molar-refractivity contribution in [3.63, 3.8) is 0 Å². The van der Waals surface area contributed by atoms with E-state index in [1.807, 2.05) is 6.92 Å². The van der Waals surface area contributed by atoms with Crippen LogP contribution in [0.15, 0.2) is 12.2 Å². The summed E-state index contributed by atoms with van der Waals surface area (Å²) >= 11 is 0. The van der Waals surface area contributed by atoms with Crippen LogP contribution in [0, 0.1) is 0 Å². The molecule has 1 rings (SSSR count). The van der Waals surface area contributed by atoms with Crippen LogP contribution >= 0.6 is 0 Å². The second kappa shape index (κ2) is 5.88. The fourth-order valence-corrected chi connectivity index (χ4v) is 1.81. The molecule has 1 aliphatic heterocycles. The lowest BCUT2D eigenvalue weighted by Crippen LogP contribution is -2.38. The number of likely N-dealkylation sites (tertiary alicyclic amines) is 1. The molecule has 1 heterocycles. The largest absolute Gasteiger partial charge is 0.478 e. The van der Waals surface area contributed by atoms with E-state index in [4.69, 9.17) is 9.84 Å². The molecular weight excluding hydrogens is 194 g/mol. The predicted molar refractivity (Wildman–Crippen MR) is 57.9 cm³/mol. The summed E-state index contributed by atoms with van der Waals surface area (Å²) in [6.07, 6.45) is 2.32. The summed E-state index contributed by atoms with van der Waals surface area (Å²) in [5.41, 5.74) is 0.268. The number of carboxylic acids is 1. The van der Waals surface area contributed by atoms with Crippen LogP contribution in [-0.4, -0.2) is 48.3 Å². The van der Waals surface area contributed by atoms with E-state index in [1.54, 1.807) is 0 Å². The van der Waals surface area contributed by atoms with E-state index >= 15 is 0 Å². The first-order valence-corrected chi connectivity index (χ1v) is 5.38. The van der Waals surface area contributed by atoms with E-state index in [-0.39, 0.29) is 5.57 Å². The van der Waals surface area contributed by atoms with Gasteiger partial charge in [0.2, 0.25) is 0 Å². The maximum Gasteiger partial charge on any atom is 0.332 e. The second-order valence-corrected chi connectivity index (χ2v) is 3.84. The minimum absolute atomic E-state index is 0.268. The monoisotopic (exact) mass is 213 g/mol. The molecule has 4 nitrogen and oxygen atoms in total. The highest BCUT2D eigenvalue weighted by molar-refractivity contribution is 5.86. The van der Waals surface area contributed by atoms with Gasteiger partial charge in [0.15, 0.2) is 0 Å². The van der Waals surface area contributed by atoms with Gasteiger partial charge in [0.05, 0.1) is 6.10 Å². The van der Waals surface area contributed by atoms with Crippen molar-refractivity contribution in [3.05, 3.63) is 12.2 Å². The van der Waals surface area contributed by atoms with Crippen LogP contribution in [0.5, 0.6) is 0 Å². The summed E-state index contributed by atoms with van der Waals surface area (Å²) in [7, 11) is 0. The van der Waals surface area contributed by atoms with Crippen LogP contribution in [-0.2, 0) is 9.53 Å². The zero-order valence-corrected chi connectivity index (χ0v) is 9.24. The Balaban J connectivity index is 2.25. The van der Waals surface area contributed by atoms with E-state index in [2.05, 4.69) is 11.5 Å². The molecule has 0 saturated carbocycles. The van der Waals surface area contributed by atoms with Crippen molar-refractivity contribution in [1.82, 2.24) is 4.90 Å². The van der Waals surface area contributed by atoms with Gasteiger partial charge in [-0.05, 0) is 19.8 Å². The van der Waals surface area contributed by atoms with E-state index in [0.29, 0.717) is 12.6 Å². The van der Waals surface area contributed by atoms with Gasteiger partial charge >= 0.3 is 5.97 Å². The number of carbonyl (C=O) groups is 1. The van der Waals surface area contributed by atoms with Gasteiger partial charge in [-0.15, -0.1) is 0 Å². The van der Waals surface area contributed by atoms with Crippen LogP contribution in [0.3, 0.4) is 0 Å². The van der Waals surface area contributed by atoms with E-state index in [0.717, 1.165) is 32.5 Å². The molecule has 0 radical (unpaired) electrons. The molecule has 1 fully saturated rings. The number of carboxylic acid groups (broad SMARTS) is 1.